The Hall–Kier alpha value is -1.98. The number of hydrogen-bond donors (Lipinski definition) is 3. The quantitative estimate of drug-likeness (QED) is 0.676. The van der Waals surface area contributed by atoms with Crippen LogP contribution in [0.1, 0.15) is 43.2 Å². The van der Waals surface area contributed by atoms with Gasteiger partial charge in [-0.2, -0.15) is 0 Å². The summed E-state index contributed by atoms with van der Waals surface area (Å²) in [7, 11) is 0. The van der Waals surface area contributed by atoms with Crippen molar-refractivity contribution < 1.29 is 9.59 Å². The smallest absolute Gasteiger partial charge is 0.268 e. The zero-order chi connectivity index (χ0) is 14.7. The molecule has 0 unspecified atom stereocenters. The second-order valence-electron chi connectivity index (χ2n) is 5.48. The number of rotatable bonds is 6. The van der Waals surface area contributed by atoms with Gasteiger partial charge in [0, 0.05) is 31.2 Å². The average molecular weight is 278 g/mol. The summed E-state index contributed by atoms with van der Waals surface area (Å²) >= 11 is 0. The van der Waals surface area contributed by atoms with Crippen molar-refractivity contribution in [1.29, 1.82) is 0 Å². The lowest BCUT2D eigenvalue weighted by atomic mass is 10.3. The first-order chi connectivity index (χ1) is 9.49. The average Bonchev–Trinajstić information content (AvgIpc) is 3.16. The van der Waals surface area contributed by atoms with Gasteiger partial charge in [0.25, 0.3) is 5.91 Å². The lowest BCUT2D eigenvalue weighted by Crippen LogP contribution is -2.36. The number of nitrogens with zero attached hydrogens (tertiary/aromatic N) is 1. The van der Waals surface area contributed by atoms with E-state index < -0.39 is 0 Å². The molecule has 2 amide bonds. The maximum absolute atomic E-state index is 12.1. The van der Waals surface area contributed by atoms with Gasteiger partial charge in [0.15, 0.2) is 0 Å². The highest BCUT2D eigenvalue weighted by atomic mass is 16.2. The van der Waals surface area contributed by atoms with Crippen LogP contribution in [-0.4, -0.2) is 29.5 Å². The van der Waals surface area contributed by atoms with E-state index in [9.17, 15) is 9.59 Å². The van der Waals surface area contributed by atoms with Gasteiger partial charge >= 0.3 is 0 Å². The molecule has 1 aliphatic rings. The first-order valence-electron chi connectivity index (χ1n) is 7.02. The van der Waals surface area contributed by atoms with Crippen LogP contribution >= 0.6 is 0 Å². The van der Waals surface area contributed by atoms with E-state index in [0.717, 1.165) is 12.8 Å². The second kappa shape index (κ2) is 5.98. The minimum atomic E-state index is -0.170. The summed E-state index contributed by atoms with van der Waals surface area (Å²) in [6, 6.07) is 1.83. The summed E-state index contributed by atoms with van der Waals surface area (Å²) in [6.07, 6.45) is 3.73. The minimum absolute atomic E-state index is 0.0917. The zero-order valence-electron chi connectivity index (χ0n) is 12.0. The Morgan fingerprint density at radius 3 is 2.60 bits per heavy atom. The van der Waals surface area contributed by atoms with Gasteiger partial charge in [0.1, 0.15) is 5.69 Å². The van der Waals surface area contributed by atoms with Gasteiger partial charge in [-0.05, 0) is 32.8 Å². The normalized spacial score (nSPS) is 14.3. The lowest BCUT2D eigenvalue weighted by Gasteiger charge is -2.12. The number of nitrogens with one attached hydrogen (secondary N) is 2. The van der Waals surface area contributed by atoms with Crippen LogP contribution in [0, 0.1) is 5.92 Å². The summed E-state index contributed by atoms with van der Waals surface area (Å²) in [5.41, 5.74) is 6.85. The van der Waals surface area contributed by atoms with Crippen molar-refractivity contribution in [2.24, 2.45) is 5.92 Å². The second-order valence-corrected chi connectivity index (χ2v) is 5.48. The number of aromatic nitrogens is 1. The maximum Gasteiger partial charge on any atom is 0.268 e. The molecule has 20 heavy (non-hydrogen) atoms. The summed E-state index contributed by atoms with van der Waals surface area (Å²) in [6.45, 7) is 4.86. The van der Waals surface area contributed by atoms with Crippen LogP contribution in [0.5, 0.6) is 0 Å². The van der Waals surface area contributed by atoms with Crippen LogP contribution in [0.4, 0.5) is 5.69 Å². The van der Waals surface area contributed by atoms with Gasteiger partial charge in [-0.1, -0.05) is 0 Å². The van der Waals surface area contributed by atoms with E-state index in [1.807, 2.05) is 18.4 Å². The first-order valence-corrected chi connectivity index (χ1v) is 7.02. The number of nitrogen functional groups attached to an aromatic ring is 1. The third kappa shape index (κ3) is 3.53. The standard InChI is InChI=1S/C14H22N4O2/c1-9(2)18-8-11(15)7-12(18)14(20)17-6-5-16-13(19)10-3-4-10/h7-10H,3-6,15H2,1-2H3,(H,16,19)(H,17,20). The SMILES string of the molecule is CC(C)n1cc(N)cc1C(=O)NCCNC(=O)C1CC1. The minimum Gasteiger partial charge on any atom is -0.397 e. The highest BCUT2D eigenvalue weighted by molar-refractivity contribution is 5.93. The molecule has 0 bridgehead atoms. The highest BCUT2D eigenvalue weighted by Gasteiger charge is 2.29. The van der Waals surface area contributed by atoms with Crippen molar-refractivity contribution in [3.8, 4) is 0 Å². The predicted octanol–water partition coefficient (Wildman–Crippen LogP) is 0.907. The van der Waals surface area contributed by atoms with E-state index in [4.69, 9.17) is 5.73 Å². The Morgan fingerprint density at radius 1 is 1.35 bits per heavy atom. The van der Waals surface area contributed by atoms with E-state index in [0.29, 0.717) is 24.5 Å². The molecule has 0 radical (unpaired) electrons. The van der Waals surface area contributed by atoms with Crippen molar-refractivity contribution in [3.05, 3.63) is 18.0 Å². The number of nitrogens with two attached hydrogens (primary N) is 1. The molecular formula is C14H22N4O2. The Morgan fingerprint density at radius 2 is 2.00 bits per heavy atom. The van der Waals surface area contributed by atoms with Crippen LogP contribution in [0.2, 0.25) is 0 Å². The molecule has 2 rings (SSSR count). The Labute approximate surface area is 118 Å². The molecule has 1 aromatic heterocycles. The molecule has 0 spiro atoms. The molecular weight excluding hydrogens is 256 g/mol. The molecule has 0 aromatic carbocycles. The Bertz CT molecular complexity index is 503. The fourth-order valence-electron chi connectivity index (χ4n) is 2.05. The predicted molar refractivity (Wildman–Crippen MR) is 77.3 cm³/mol. The monoisotopic (exact) mass is 278 g/mol. The maximum atomic E-state index is 12.1. The van der Waals surface area contributed by atoms with Crippen LogP contribution in [0.15, 0.2) is 12.3 Å². The summed E-state index contributed by atoms with van der Waals surface area (Å²) < 4.78 is 1.84. The van der Waals surface area contributed by atoms with Crippen molar-refractivity contribution in [2.75, 3.05) is 18.8 Å². The summed E-state index contributed by atoms with van der Waals surface area (Å²) in [5.74, 6) is 0.119. The number of amides is 2. The van der Waals surface area contributed by atoms with Gasteiger partial charge in [0.2, 0.25) is 5.91 Å². The van der Waals surface area contributed by atoms with Crippen molar-refractivity contribution in [3.63, 3.8) is 0 Å². The molecule has 1 heterocycles. The third-order valence-electron chi connectivity index (χ3n) is 3.32. The summed E-state index contributed by atoms with van der Waals surface area (Å²) in [5, 5.41) is 5.60. The van der Waals surface area contributed by atoms with Gasteiger partial charge in [-0.15, -0.1) is 0 Å². The molecule has 0 atom stereocenters. The van der Waals surface area contributed by atoms with E-state index >= 15 is 0 Å². The van der Waals surface area contributed by atoms with E-state index in [2.05, 4.69) is 10.6 Å². The third-order valence-corrected chi connectivity index (χ3v) is 3.32. The highest BCUT2D eigenvalue weighted by Crippen LogP contribution is 2.28. The summed E-state index contributed by atoms with van der Waals surface area (Å²) in [4.78, 5) is 23.5. The van der Waals surface area contributed by atoms with Crippen LogP contribution in [0.3, 0.4) is 0 Å². The van der Waals surface area contributed by atoms with Crippen molar-refractivity contribution in [1.82, 2.24) is 15.2 Å². The fourth-order valence-corrected chi connectivity index (χ4v) is 2.05. The van der Waals surface area contributed by atoms with Crippen molar-refractivity contribution in [2.45, 2.75) is 32.7 Å². The Balaban J connectivity index is 1.80. The van der Waals surface area contributed by atoms with Crippen LogP contribution in [0.25, 0.3) is 0 Å². The molecule has 110 valence electrons. The molecule has 6 heteroatoms. The van der Waals surface area contributed by atoms with E-state index in [-0.39, 0.29) is 23.8 Å². The number of carbonyl (C=O) groups is 2. The number of hydrogen-bond acceptors (Lipinski definition) is 3. The number of carbonyl (C=O) groups excluding carboxylic acids is 2. The van der Waals surface area contributed by atoms with Crippen molar-refractivity contribution >= 4 is 17.5 Å². The molecule has 0 saturated heterocycles. The fraction of sp³-hybridized carbons (Fsp3) is 0.571. The molecule has 1 saturated carbocycles. The van der Waals surface area contributed by atoms with Crippen LogP contribution < -0.4 is 16.4 Å². The molecule has 4 N–H and O–H groups in total. The van der Waals surface area contributed by atoms with Gasteiger partial charge in [-0.25, -0.2) is 0 Å². The molecule has 0 aliphatic heterocycles. The van der Waals surface area contributed by atoms with E-state index in [1.54, 1.807) is 12.3 Å². The topological polar surface area (TPSA) is 89.2 Å². The lowest BCUT2D eigenvalue weighted by molar-refractivity contribution is -0.122. The largest absolute Gasteiger partial charge is 0.397 e. The first kappa shape index (κ1) is 14.4. The van der Waals surface area contributed by atoms with E-state index in [1.165, 1.54) is 0 Å². The molecule has 1 aromatic rings. The molecule has 1 fully saturated rings. The molecule has 1 aliphatic carbocycles. The number of anilines is 1. The van der Waals surface area contributed by atoms with Gasteiger partial charge in [-0.3, -0.25) is 9.59 Å². The zero-order valence-corrected chi connectivity index (χ0v) is 12.0. The Kier molecular flexibility index (Phi) is 4.32. The van der Waals surface area contributed by atoms with Gasteiger partial charge in [0.05, 0.1) is 5.69 Å². The van der Waals surface area contributed by atoms with Crippen LogP contribution in [-0.2, 0) is 4.79 Å². The molecule has 6 nitrogen and oxygen atoms in total. The van der Waals surface area contributed by atoms with Gasteiger partial charge < -0.3 is 20.9 Å².